The fourth-order valence-corrected chi connectivity index (χ4v) is 3.13. The van der Waals surface area contributed by atoms with Crippen LogP contribution in [0, 0.1) is 5.41 Å². The second kappa shape index (κ2) is 4.64. The quantitative estimate of drug-likeness (QED) is 0.899. The molecular formula is C16H22N2O. The Hall–Kier alpha value is -1.35. The van der Waals surface area contributed by atoms with E-state index < -0.39 is 0 Å². The minimum Gasteiger partial charge on any atom is -0.326 e. The predicted molar refractivity (Wildman–Crippen MR) is 77.3 cm³/mol. The highest BCUT2D eigenvalue weighted by molar-refractivity contribution is 5.97. The number of fused-ring (bicyclic) bond motifs is 1. The fourth-order valence-electron chi connectivity index (χ4n) is 3.13. The summed E-state index contributed by atoms with van der Waals surface area (Å²) in [6.07, 6.45) is 5.62. The minimum atomic E-state index is -0.136. The first kappa shape index (κ1) is 12.7. The van der Waals surface area contributed by atoms with E-state index in [2.05, 4.69) is 22.3 Å². The number of nitrogens with one attached hydrogen (secondary N) is 1. The fraction of sp³-hybridized carbons (Fsp3) is 0.562. The molecule has 1 aromatic carbocycles. The number of nitrogens with zero attached hydrogens (tertiary/aromatic N) is 1. The Morgan fingerprint density at radius 3 is 2.68 bits per heavy atom. The smallest absolute Gasteiger partial charge is 0.231 e. The lowest BCUT2D eigenvalue weighted by molar-refractivity contribution is -0.121. The number of aryl methyl sites for hydroxylation is 2. The van der Waals surface area contributed by atoms with Crippen LogP contribution in [0.4, 0.5) is 5.69 Å². The zero-order valence-electron chi connectivity index (χ0n) is 11.8. The molecule has 1 amide bonds. The van der Waals surface area contributed by atoms with Gasteiger partial charge in [-0.2, -0.15) is 0 Å². The Morgan fingerprint density at radius 2 is 2.00 bits per heavy atom. The summed E-state index contributed by atoms with van der Waals surface area (Å²) in [5, 5.41) is 3.11. The van der Waals surface area contributed by atoms with E-state index in [1.807, 2.05) is 20.2 Å². The van der Waals surface area contributed by atoms with Gasteiger partial charge in [-0.25, -0.2) is 0 Å². The maximum atomic E-state index is 12.4. The molecule has 1 N–H and O–H groups in total. The first-order chi connectivity index (χ1) is 9.09. The summed E-state index contributed by atoms with van der Waals surface area (Å²) in [7, 11) is 4.06. The number of anilines is 1. The Morgan fingerprint density at radius 1 is 1.26 bits per heavy atom. The van der Waals surface area contributed by atoms with Gasteiger partial charge in [0.1, 0.15) is 0 Å². The summed E-state index contributed by atoms with van der Waals surface area (Å²) in [5.74, 6) is 0.194. The van der Waals surface area contributed by atoms with Crippen LogP contribution in [0.25, 0.3) is 0 Å². The average molecular weight is 258 g/mol. The van der Waals surface area contributed by atoms with Crippen LogP contribution < -0.4 is 5.32 Å². The zero-order valence-corrected chi connectivity index (χ0v) is 11.8. The van der Waals surface area contributed by atoms with E-state index in [1.54, 1.807) is 0 Å². The summed E-state index contributed by atoms with van der Waals surface area (Å²) in [4.78, 5) is 14.5. The third kappa shape index (κ3) is 2.52. The Balaban J connectivity index is 1.70. The van der Waals surface area contributed by atoms with Crippen molar-refractivity contribution in [2.24, 2.45) is 5.41 Å². The average Bonchev–Trinajstić information content (AvgIpc) is 2.98. The summed E-state index contributed by atoms with van der Waals surface area (Å²) in [6.45, 7) is 0.851. The summed E-state index contributed by atoms with van der Waals surface area (Å²) < 4.78 is 0. The molecule has 0 saturated heterocycles. The molecule has 3 heteroatoms. The second-order valence-electron chi connectivity index (χ2n) is 6.31. The second-order valence-corrected chi connectivity index (χ2v) is 6.31. The van der Waals surface area contributed by atoms with Gasteiger partial charge in [-0.05, 0) is 69.5 Å². The van der Waals surface area contributed by atoms with Crippen molar-refractivity contribution >= 4 is 11.6 Å². The van der Waals surface area contributed by atoms with Crippen molar-refractivity contribution < 1.29 is 4.79 Å². The number of carbonyl (C=O) groups is 1. The van der Waals surface area contributed by atoms with Gasteiger partial charge in [-0.15, -0.1) is 0 Å². The van der Waals surface area contributed by atoms with E-state index in [-0.39, 0.29) is 11.3 Å². The highest BCUT2D eigenvalue weighted by atomic mass is 16.2. The monoisotopic (exact) mass is 258 g/mol. The summed E-state index contributed by atoms with van der Waals surface area (Å²) >= 11 is 0. The number of hydrogen-bond donors (Lipinski definition) is 1. The first-order valence-corrected chi connectivity index (χ1v) is 7.17. The highest BCUT2D eigenvalue weighted by Crippen LogP contribution is 2.47. The van der Waals surface area contributed by atoms with Crippen LogP contribution in [0.2, 0.25) is 0 Å². The molecule has 0 aliphatic heterocycles. The van der Waals surface area contributed by atoms with Crippen molar-refractivity contribution in [3.05, 3.63) is 29.3 Å². The molecule has 1 saturated carbocycles. The van der Waals surface area contributed by atoms with Crippen molar-refractivity contribution in [2.45, 2.75) is 32.1 Å². The molecule has 1 fully saturated rings. The maximum Gasteiger partial charge on any atom is 0.231 e. The summed E-state index contributed by atoms with van der Waals surface area (Å²) in [5.41, 5.74) is 3.70. The molecule has 0 bridgehead atoms. The molecular weight excluding hydrogens is 236 g/mol. The SMILES string of the molecule is CN(C)CC1(C(=O)Nc2ccc3c(c2)CCC3)CC1. The van der Waals surface area contributed by atoms with Crippen molar-refractivity contribution in [2.75, 3.05) is 26.0 Å². The van der Waals surface area contributed by atoms with Crippen molar-refractivity contribution in [3.8, 4) is 0 Å². The molecule has 0 spiro atoms. The van der Waals surface area contributed by atoms with Gasteiger partial charge < -0.3 is 10.2 Å². The van der Waals surface area contributed by atoms with E-state index in [0.717, 1.165) is 31.5 Å². The van der Waals surface area contributed by atoms with Crippen LogP contribution in [0.5, 0.6) is 0 Å². The number of amides is 1. The largest absolute Gasteiger partial charge is 0.326 e. The molecule has 0 atom stereocenters. The molecule has 1 aromatic rings. The van der Waals surface area contributed by atoms with Gasteiger partial charge in [0.15, 0.2) is 0 Å². The van der Waals surface area contributed by atoms with Gasteiger partial charge in [-0.3, -0.25) is 4.79 Å². The molecule has 2 aliphatic rings. The molecule has 3 nitrogen and oxygen atoms in total. The summed E-state index contributed by atoms with van der Waals surface area (Å²) in [6, 6.07) is 6.38. The van der Waals surface area contributed by atoms with E-state index in [9.17, 15) is 4.79 Å². The van der Waals surface area contributed by atoms with Gasteiger partial charge in [-0.1, -0.05) is 6.07 Å². The van der Waals surface area contributed by atoms with E-state index >= 15 is 0 Å². The van der Waals surface area contributed by atoms with Crippen LogP contribution in [0.1, 0.15) is 30.4 Å². The van der Waals surface area contributed by atoms with Gasteiger partial charge >= 0.3 is 0 Å². The molecule has 0 heterocycles. The Kier molecular flexibility index (Phi) is 3.09. The minimum absolute atomic E-state index is 0.136. The molecule has 102 valence electrons. The highest BCUT2D eigenvalue weighted by Gasteiger charge is 2.49. The Bertz CT molecular complexity index is 503. The van der Waals surface area contributed by atoms with Crippen LogP contribution >= 0.6 is 0 Å². The maximum absolute atomic E-state index is 12.4. The molecule has 19 heavy (non-hydrogen) atoms. The lowest BCUT2D eigenvalue weighted by Gasteiger charge is -2.19. The Labute approximate surface area is 115 Å². The van der Waals surface area contributed by atoms with E-state index in [4.69, 9.17) is 0 Å². The number of hydrogen-bond acceptors (Lipinski definition) is 2. The number of benzene rings is 1. The van der Waals surface area contributed by atoms with Gasteiger partial charge in [0, 0.05) is 12.2 Å². The van der Waals surface area contributed by atoms with E-state index in [0.29, 0.717) is 0 Å². The van der Waals surface area contributed by atoms with E-state index in [1.165, 1.54) is 24.0 Å². The number of rotatable bonds is 4. The van der Waals surface area contributed by atoms with Gasteiger partial charge in [0.05, 0.1) is 5.41 Å². The lowest BCUT2D eigenvalue weighted by Crippen LogP contribution is -2.33. The van der Waals surface area contributed by atoms with Crippen LogP contribution in [-0.2, 0) is 17.6 Å². The normalized spacial score (nSPS) is 19.3. The van der Waals surface area contributed by atoms with Gasteiger partial charge in [0.25, 0.3) is 0 Å². The third-order valence-electron chi connectivity index (χ3n) is 4.31. The molecule has 0 aromatic heterocycles. The third-order valence-corrected chi connectivity index (χ3v) is 4.31. The van der Waals surface area contributed by atoms with Crippen molar-refractivity contribution in [1.82, 2.24) is 4.90 Å². The molecule has 0 radical (unpaired) electrons. The van der Waals surface area contributed by atoms with Gasteiger partial charge in [0.2, 0.25) is 5.91 Å². The standard InChI is InChI=1S/C16H22N2O/c1-18(2)11-16(8-9-16)15(19)17-14-7-6-12-4-3-5-13(12)10-14/h6-7,10H,3-5,8-9,11H2,1-2H3,(H,17,19). The predicted octanol–water partition coefficient (Wildman–Crippen LogP) is 2.46. The zero-order chi connectivity index (χ0) is 13.5. The van der Waals surface area contributed by atoms with Crippen LogP contribution in [-0.4, -0.2) is 31.4 Å². The lowest BCUT2D eigenvalue weighted by atomic mass is 10.0. The van der Waals surface area contributed by atoms with Crippen LogP contribution in [0.15, 0.2) is 18.2 Å². The topological polar surface area (TPSA) is 32.3 Å². The van der Waals surface area contributed by atoms with Crippen LogP contribution in [0.3, 0.4) is 0 Å². The van der Waals surface area contributed by atoms with Crippen molar-refractivity contribution in [3.63, 3.8) is 0 Å². The molecule has 3 rings (SSSR count). The first-order valence-electron chi connectivity index (χ1n) is 7.17. The van der Waals surface area contributed by atoms with Crippen molar-refractivity contribution in [1.29, 1.82) is 0 Å². The molecule has 0 unspecified atom stereocenters. The molecule has 2 aliphatic carbocycles. The number of carbonyl (C=O) groups excluding carboxylic acids is 1.